The maximum atomic E-state index is 13.0. The molecule has 0 aliphatic heterocycles. The van der Waals surface area contributed by atoms with Crippen LogP contribution in [0.1, 0.15) is 24.5 Å². The first-order valence-corrected chi connectivity index (χ1v) is 10.4. The van der Waals surface area contributed by atoms with E-state index in [1.807, 2.05) is 50.2 Å². The van der Waals surface area contributed by atoms with Crippen molar-refractivity contribution >= 4 is 21.6 Å². The number of sulfonamides is 1. The highest BCUT2D eigenvalue weighted by Gasteiger charge is 2.33. The van der Waals surface area contributed by atoms with E-state index in [-0.39, 0.29) is 5.91 Å². The van der Waals surface area contributed by atoms with E-state index in [9.17, 15) is 13.2 Å². The smallest absolute Gasteiger partial charge is 0.246 e. The van der Waals surface area contributed by atoms with Gasteiger partial charge in [0.15, 0.2) is 0 Å². The van der Waals surface area contributed by atoms with Gasteiger partial charge >= 0.3 is 0 Å². The zero-order valence-electron chi connectivity index (χ0n) is 15.7. The molecule has 0 spiro atoms. The molecular formula is C20H26N2O3S. The Hall–Kier alpha value is -2.34. The van der Waals surface area contributed by atoms with E-state index in [0.29, 0.717) is 18.7 Å². The number of nitrogens with zero attached hydrogens (tertiary/aromatic N) is 2. The number of amides is 1. The minimum absolute atomic E-state index is 0.219. The summed E-state index contributed by atoms with van der Waals surface area (Å²) in [5.74, 6) is -0.219. The van der Waals surface area contributed by atoms with Crippen LogP contribution in [0, 0.1) is 6.92 Å². The van der Waals surface area contributed by atoms with Crippen molar-refractivity contribution in [3.8, 4) is 0 Å². The number of carbonyl (C=O) groups is 1. The Morgan fingerprint density at radius 3 is 2.27 bits per heavy atom. The normalized spacial score (nSPS) is 12.5. The van der Waals surface area contributed by atoms with Gasteiger partial charge in [-0.05, 0) is 36.6 Å². The second kappa shape index (κ2) is 8.36. The topological polar surface area (TPSA) is 57.7 Å². The van der Waals surface area contributed by atoms with Crippen LogP contribution in [0.25, 0.3) is 0 Å². The van der Waals surface area contributed by atoms with E-state index >= 15 is 0 Å². The highest BCUT2D eigenvalue weighted by molar-refractivity contribution is 7.92. The van der Waals surface area contributed by atoms with Crippen molar-refractivity contribution in [2.24, 2.45) is 0 Å². The van der Waals surface area contributed by atoms with E-state index in [1.165, 1.54) is 4.31 Å². The van der Waals surface area contributed by atoms with Gasteiger partial charge in [0.2, 0.25) is 15.9 Å². The molecular weight excluding hydrogens is 348 g/mol. The first kappa shape index (κ1) is 20.0. The van der Waals surface area contributed by atoms with Crippen LogP contribution < -0.4 is 4.31 Å². The van der Waals surface area contributed by atoms with E-state index in [0.717, 1.165) is 17.4 Å². The Morgan fingerprint density at radius 2 is 1.73 bits per heavy atom. The minimum Gasteiger partial charge on any atom is -0.340 e. The van der Waals surface area contributed by atoms with Crippen LogP contribution in [0.5, 0.6) is 0 Å². The molecule has 0 fully saturated rings. The molecule has 0 bridgehead atoms. The summed E-state index contributed by atoms with van der Waals surface area (Å²) in [6.45, 7) is 4.16. The van der Waals surface area contributed by atoms with Crippen LogP contribution in [-0.4, -0.2) is 38.6 Å². The number of hydrogen-bond donors (Lipinski definition) is 0. The summed E-state index contributed by atoms with van der Waals surface area (Å²) in [4.78, 5) is 14.6. The Labute approximate surface area is 156 Å². The van der Waals surface area contributed by atoms with Gasteiger partial charge in [0.05, 0.1) is 11.9 Å². The third-order valence-electron chi connectivity index (χ3n) is 4.21. The van der Waals surface area contributed by atoms with Gasteiger partial charge in [-0.25, -0.2) is 8.42 Å². The lowest BCUT2D eigenvalue weighted by atomic mass is 10.1. The van der Waals surface area contributed by atoms with Crippen LogP contribution >= 0.6 is 0 Å². The second-order valence-electron chi connectivity index (χ2n) is 6.50. The predicted molar refractivity (Wildman–Crippen MR) is 105 cm³/mol. The third kappa shape index (κ3) is 4.85. The second-order valence-corrected chi connectivity index (χ2v) is 8.36. The van der Waals surface area contributed by atoms with Gasteiger partial charge in [0.25, 0.3) is 0 Å². The zero-order chi connectivity index (χ0) is 19.3. The zero-order valence-corrected chi connectivity index (χ0v) is 16.5. The summed E-state index contributed by atoms with van der Waals surface area (Å²) in [5, 5.41) is 0. The van der Waals surface area contributed by atoms with Gasteiger partial charge in [-0.1, -0.05) is 49.4 Å². The van der Waals surface area contributed by atoms with E-state index in [1.54, 1.807) is 30.1 Å². The number of rotatable bonds is 7. The van der Waals surface area contributed by atoms with Gasteiger partial charge in [-0.2, -0.15) is 0 Å². The van der Waals surface area contributed by atoms with Gasteiger partial charge < -0.3 is 4.90 Å². The number of carbonyl (C=O) groups excluding carboxylic acids is 1. The maximum absolute atomic E-state index is 13.0. The average molecular weight is 375 g/mol. The SMILES string of the molecule is CC[C@H](C(=O)N(C)Cc1ccccc1)N(c1cccc(C)c1)S(C)(=O)=O. The number of aryl methyl sites for hydroxylation is 1. The molecule has 0 N–H and O–H groups in total. The summed E-state index contributed by atoms with van der Waals surface area (Å²) in [6, 6.07) is 16.1. The van der Waals surface area contributed by atoms with Crippen molar-refractivity contribution in [2.45, 2.75) is 32.9 Å². The molecule has 0 radical (unpaired) electrons. The predicted octanol–water partition coefficient (Wildman–Crippen LogP) is 3.20. The van der Waals surface area contributed by atoms with Crippen LogP contribution in [0.2, 0.25) is 0 Å². The molecule has 0 aliphatic rings. The first-order chi connectivity index (χ1) is 12.2. The Kier molecular flexibility index (Phi) is 6.42. The highest BCUT2D eigenvalue weighted by Crippen LogP contribution is 2.24. The minimum atomic E-state index is -3.61. The molecule has 1 amide bonds. The van der Waals surface area contributed by atoms with Crippen molar-refractivity contribution in [2.75, 3.05) is 17.6 Å². The number of likely N-dealkylation sites (N-methyl/N-ethyl adjacent to an activating group) is 1. The molecule has 26 heavy (non-hydrogen) atoms. The fourth-order valence-electron chi connectivity index (χ4n) is 3.00. The van der Waals surface area contributed by atoms with Gasteiger partial charge in [-0.15, -0.1) is 0 Å². The molecule has 0 aromatic heterocycles. The van der Waals surface area contributed by atoms with E-state index < -0.39 is 16.1 Å². The van der Waals surface area contributed by atoms with Crippen LogP contribution in [0.3, 0.4) is 0 Å². The Bertz CT molecular complexity index is 850. The van der Waals surface area contributed by atoms with Crippen LogP contribution in [-0.2, 0) is 21.4 Å². The molecule has 0 aliphatic carbocycles. The number of hydrogen-bond acceptors (Lipinski definition) is 3. The van der Waals surface area contributed by atoms with E-state index in [2.05, 4.69) is 0 Å². The lowest BCUT2D eigenvalue weighted by Gasteiger charge is -2.33. The highest BCUT2D eigenvalue weighted by atomic mass is 32.2. The lowest BCUT2D eigenvalue weighted by Crippen LogP contribution is -2.49. The van der Waals surface area contributed by atoms with E-state index in [4.69, 9.17) is 0 Å². The molecule has 6 heteroatoms. The first-order valence-electron chi connectivity index (χ1n) is 8.59. The Balaban J connectivity index is 2.33. The number of anilines is 1. The largest absolute Gasteiger partial charge is 0.340 e. The molecule has 0 saturated heterocycles. The quantitative estimate of drug-likeness (QED) is 0.748. The van der Waals surface area contributed by atoms with Crippen molar-refractivity contribution < 1.29 is 13.2 Å². The molecule has 5 nitrogen and oxygen atoms in total. The molecule has 0 unspecified atom stereocenters. The maximum Gasteiger partial charge on any atom is 0.246 e. The van der Waals surface area contributed by atoms with Gasteiger partial charge in [0, 0.05) is 13.6 Å². The Morgan fingerprint density at radius 1 is 1.08 bits per heavy atom. The van der Waals surface area contributed by atoms with Crippen LogP contribution in [0.15, 0.2) is 54.6 Å². The van der Waals surface area contributed by atoms with Crippen molar-refractivity contribution in [3.63, 3.8) is 0 Å². The average Bonchev–Trinajstić information content (AvgIpc) is 2.58. The fraction of sp³-hybridized carbons (Fsp3) is 0.350. The number of benzene rings is 2. The summed E-state index contributed by atoms with van der Waals surface area (Å²) in [5.41, 5.74) is 2.46. The molecule has 140 valence electrons. The summed E-state index contributed by atoms with van der Waals surface area (Å²) < 4.78 is 26.2. The summed E-state index contributed by atoms with van der Waals surface area (Å²) >= 11 is 0. The van der Waals surface area contributed by atoms with Gasteiger partial charge in [0.1, 0.15) is 6.04 Å². The third-order valence-corrected chi connectivity index (χ3v) is 5.39. The lowest BCUT2D eigenvalue weighted by molar-refractivity contribution is -0.131. The fourth-order valence-corrected chi connectivity index (χ4v) is 4.20. The molecule has 1 atom stereocenters. The summed E-state index contributed by atoms with van der Waals surface area (Å²) in [6.07, 6.45) is 1.53. The molecule has 0 saturated carbocycles. The molecule has 0 heterocycles. The molecule has 2 aromatic rings. The van der Waals surface area contributed by atoms with Gasteiger partial charge in [-0.3, -0.25) is 9.10 Å². The standard InChI is InChI=1S/C20H26N2O3S/c1-5-19(20(23)21(3)15-17-11-7-6-8-12-17)22(26(4,24)25)18-13-9-10-16(2)14-18/h6-14,19H,5,15H2,1-4H3/t19-/m1/s1. The molecule has 2 rings (SSSR count). The van der Waals surface area contributed by atoms with Crippen LogP contribution in [0.4, 0.5) is 5.69 Å². The van der Waals surface area contributed by atoms with Crippen molar-refractivity contribution in [3.05, 3.63) is 65.7 Å². The van der Waals surface area contributed by atoms with Crippen molar-refractivity contribution in [1.29, 1.82) is 0 Å². The summed E-state index contributed by atoms with van der Waals surface area (Å²) in [7, 11) is -1.91. The monoisotopic (exact) mass is 374 g/mol. The van der Waals surface area contributed by atoms with Crippen molar-refractivity contribution in [1.82, 2.24) is 4.90 Å². The molecule has 2 aromatic carbocycles.